The van der Waals surface area contributed by atoms with Gasteiger partial charge in [0.2, 0.25) is 5.78 Å². The van der Waals surface area contributed by atoms with Crippen LogP contribution in [0.1, 0.15) is 88.8 Å². The summed E-state index contributed by atoms with van der Waals surface area (Å²) in [6.45, 7) is 5.46. The number of aliphatic hydroxyl groups excluding tert-OH is 2. The molecule has 0 saturated heterocycles. The number of phenolic OH excluding ortho intramolecular Hbond substituents is 1. The first-order valence-corrected chi connectivity index (χ1v) is 18.0. The maximum atomic E-state index is 14.5. The van der Waals surface area contributed by atoms with Crippen molar-refractivity contribution in [2.45, 2.75) is 96.6 Å². The van der Waals surface area contributed by atoms with E-state index in [-0.39, 0.29) is 36.1 Å². The number of likely N-dealkylation sites (N-methyl/N-ethyl adjacent to an activating group) is 1. The molecule has 50 heavy (non-hydrogen) atoms. The molecule has 0 amide bonds. The number of fused-ring (bicyclic) bond motifs is 3. The second-order valence-corrected chi connectivity index (χ2v) is 16.3. The Hall–Kier alpha value is -3.95. The first-order valence-electron chi connectivity index (χ1n) is 18.0. The zero-order chi connectivity index (χ0) is 36.3. The van der Waals surface area contributed by atoms with Crippen LogP contribution in [0.3, 0.4) is 0 Å². The van der Waals surface area contributed by atoms with Crippen LogP contribution in [0.25, 0.3) is 16.9 Å². The van der Waals surface area contributed by atoms with E-state index in [9.17, 15) is 34.8 Å². The molecular weight excluding hydrogens is 634 g/mol. The van der Waals surface area contributed by atoms with Crippen LogP contribution in [-0.2, 0) is 27.2 Å². The standard InChI is InChI=1S/C41H51NO8/c1-40(2,3)21-30(44)34-37(46)35(42(4)5)28-20-24-19-27-25(15-16-29(43)33(27)36(45)32(24)38(47)41(28,49)39(34)48)26-18-23(14-17-31(26)50-6)13-12-22-10-8-7-9-11-22/h14-18,22,24,28,35,43,45,48-49H,7-13,19-21H2,1-6H3. The van der Waals surface area contributed by atoms with Crippen molar-refractivity contribution < 1.29 is 39.5 Å². The number of rotatable bonds is 8. The molecule has 2 aromatic rings. The molecule has 2 fully saturated rings. The molecule has 9 nitrogen and oxygen atoms in total. The number of carbonyl (C=O) groups is 3. The van der Waals surface area contributed by atoms with Crippen molar-refractivity contribution in [3.8, 4) is 22.6 Å². The number of nitrogens with zero attached hydrogens (tertiary/aromatic N) is 1. The summed E-state index contributed by atoms with van der Waals surface area (Å²) in [6, 6.07) is 8.33. The van der Waals surface area contributed by atoms with E-state index in [1.165, 1.54) is 38.2 Å². The molecule has 2 aromatic carbocycles. The highest BCUT2D eigenvalue weighted by Gasteiger charge is 2.64. The highest BCUT2D eigenvalue weighted by atomic mass is 16.5. The molecule has 0 radical (unpaired) electrons. The van der Waals surface area contributed by atoms with E-state index < -0.39 is 63.3 Å². The van der Waals surface area contributed by atoms with Gasteiger partial charge in [-0.1, -0.05) is 65.0 Å². The SMILES string of the molecule is COc1ccc(CCC2CCCCC2)cc1-c1ccc(O)c2c1CC1CC3C(N(C)C)C(=O)C(C(=O)CC(C)(C)C)=C(O)C3(O)C(=O)C1=C2O. The third-order valence-corrected chi connectivity index (χ3v) is 11.4. The van der Waals surface area contributed by atoms with Crippen molar-refractivity contribution in [1.82, 2.24) is 4.90 Å². The lowest BCUT2D eigenvalue weighted by Crippen LogP contribution is -2.65. The Morgan fingerprint density at radius 3 is 2.34 bits per heavy atom. The van der Waals surface area contributed by atoms with Gasteiger partial charge in [0.05, 0.1) is 18.7 Å². The summed E-state index contributed by atoms with van der Waals surface area (Å²) >= 11 is 0. The molecule has 4 aliphatic carbocycles. The third-order valence-electron chi connectivity index (χ3n) is 11.4. The number of hydrogen-bond donors (Lipinski definition) is 4. The second kappa shape index (κ2) is 13.3. The minimum Gasteiger partial charge on any atom is -0.508 e. The number of ether oxygens (including phenoxy) is 1. The van der Waals surface area contributed by atoms with Gasteiger partial charge in [0, 0.05) is 23.5 Å². The number of methoxy groups -OCH3 is 1. The van der Waals surface area contributed by atoms with Gasteiger partial charge in [-0.3, -0.25) is 19.3 Å². The maximum absolute atomic E-state index is 14.5. The Bertz CT molecular complexity index is 1790. The van der Waals surface area contributed by atoms with E-state index in [0.29, 0.717) is 11.3 Å². The van der Waals surface area contributed by atoms with E-state index >= 15 is 0 Å². The second-order valence-electron chi connectivity index (χ2n) is 16.3. The fourth-order valence-electron chi connectivity index (χ4n) is 9.07. The lowest BCUT2D eigenvalue weighted by atomic mass is 9.57. The summed E-state index contributed by atoms with van der Waals surface area (Å²) in [5.41, 5.74) is -0.415. The zero-order valence-corrected chi connectivity index (χ0v) is 30.1. The number of phenols is 1. The minimum atomic E-state index is -2.62. The number of hydrogen-bond acceptors (Lipinski definition) is 9. The van der Waals surface area contributed by atoms with E-state index in [4.69, 9.17) is 4.74 Å². The van der Waals surface area contributed by atoms with E-state index in [0.717, 1.165) is 35.4 Å². The first-order chi connectivity index (χ1) is 23.6. The van der Waals surface area contributed by atoms with Crippen LogP contribution in [0.4, 0.5) is 0 Å². The van der Waals surface area contributed by atoms with Crippen molar-refractivity contribution >= 4 is 23.1 Å². The van der Waals surface area contributed by atoms with Crippen molar-refractivity contribution in [2.24, 2.45) is 23.2 Å². The minimum absolute atomic E-state index is 0.0636. The monoisotopic (exact) mass is 685 g/mol. The Balaban J connectivity index is 1.45. The van der Waals surface area contributed by atoms with Gasteiger partial charge in [-0.25, -0.2) is 0 Å². The number of benzene rings is 2. The van der Waals surface area contributed by atoms with Crippen LogP contribution >= 0.6 is 0 Å². The van der Waals surface area contributed by atoms with Crippen molar-refractivity contribution in [1.29, 1.82) is 0 Å². The lowest BCUT2D eigenvalue weighted by Gasteiger charge is -2.50. The normalized spacial score (nSPS) is 25.8. The summed E-state index contributed by atoms with van der Waals surface area (Å²) in [6.07, 6.45) is 8.65. The van der Waals surface area contributed by atoms with Crippen LogP contribution in [-0.4, -0.2) is 75.5 Å². The number of aryl methyl sites for hydroxylation is 1. The van der Waals surface area contributed by atoms with Crippen molar-refractivity contribution in [2.75, 3.05) is 21.2 Å². The summed E-state index contributed by atoms with van der Waals surface area (Å²) < 4.78 is 5.80. The maximum Gasteiger partial charge on any atom is 0.202 e. The van der Waals surface area contributed by atoms with Gasteiger partial charge < -0.3 is 25.2 Å². The molecule has 6 rings (SSSR count). The quantitative estimate of drug-likeness (QED) is 0.224. The molecule has 2 saturated carbocycles. The Labute approximate surface area is 294 Å². The topological polar surface area (TPSA) is 145 Å². The zero-order valence-electron chi connectivity index (χ0n) is 30.1. The Kier molecular flexibility index (Phi) is 9.54. The molecule has 9 heteroatoms. The van der Waals surface area contributed by atoms with Gasteiger partial charge in [0.15, 0.2) is 17.2 Å². The molecule has 4 N–H and O–H groups in total. The molecule has 4 aliphatic rings. The first kappa shape index (κ1) is 35.9. The Morgan fingerprint density at radius 2 is 1.70 bits per heavy atom. The van der Waals surface area contributed by atoms with Gasteiger partial charge in [-0.2, -0.15) is 0 Å². The summed E-state index contributed by atoms with van der Waals surface area (Å²) in [5, 5.41) is 46.8. The highest BCUT2D eigenvalue weighted by Crippen LogP contribution is 2.54. The summed E-state index contributed by atoms with van der Waals surface area (Å²) in [7, 11) is 4.89. The van der Waals surface area contributed by atoms with Gasteiger partial charge in [0.25, 0.3) is 0 Å². The molecule has 0 heterocycles. The molecule has 4 unspecified atom stereocenters. The van der Waals surface area contributed by atoms with E-state index in [1.54, 1.807) is 32.2 Å². The van der Waals surface area contributed by atoms with Crippen LogP contribution in [0.2, 0.25) is 0 Å². The van der Waals surface area contributed by atoms with Gasteiger partial charge >= 0.3 is 0 Å². The predicted molar refractivity (Wildman–Crippen MR) is 191 cm³/mol. The molecule has 0 bridgehead atoms. The smallest absolute Gasteiger partial charge is 0.202 e. The molecule has 0 spiro atoms. The Morgan fingerprint density at radius 1 is 1.00 bits per heavy atom. The molecule has 0 aromatic heterocycles. The van der Waals surface area contributed by atoms with Crippen LogP contribution in [0.15, 0.2) is 47.2 Å². The third kappa shape index (κ3) is 6.06. The van der Waals surface area contributed by atoms with E-state index in [2.05, 4.69) is 12.1 Å². The number of aromatic hydroxyl groups is 1. The van der Waals surface area contributed by atoms with Gasteiger partial charge in [0.1, 0.15) is 28.6 Å². The number of ketones is 3. The molecule has 4 atom stereocenters. The molecule has 0 aliphatic heterocycles. The number of carbonyl (C=O) groups excluding carboxylic acids is 3. The number of aliphatic hydroxyl groups is 3. The summed E-state index contributed by atoms with van der Waals surface area (Å²) in [5.74, 6) is -4.30. The highest BCUT2D eigenvalue weighted by molar-refractivity contribution is 6.25. The largest absolute Gasteiger partial charge is 0.508 e. The lowest BCUT2D eigenvalue weighted by molar-refractivity contribution is -0.153. The predicted octanol–water partition coefficient (Wildman–Crippen LogP) is 6.67. The van der Waals surface area contributed by atoms with Crippen molar-refractivity contribution in [3.63, 3.8) is 0 Å². The van der Waals surface area contributed by atoms with E-state index in [1.807, 2.05) is 26.8 Å². The average Bonchev–Trinajstić information content (AvgIpc) is 3.05. The molecule has 268 valence electrons. The van der Waals surface area contributed by atoms with Crippen LogP contribution < -0.4 is 4.74 Å². The fourth-order valence-corrected chi connectivity index (χ4v) is 9.07. The van der Waals surface area contributed by atoms with Crippen LogP contribution in [0.5, 0.6) is 11.5 Å². The van der Waals surface area contributed by atoms with Gasteiger partial charge in [-0.15, -0.1) is 0 Å². The van der Waals surface area contributed by atoms with Gasteiger partial charge in [-0.05, 0) is 91.9 Å². The van der Waals surface area contributed by atoms with Crippen LogP contribution in [0, 0.1) is 23.2 Å². The fraction of sp³-hybridized carbons (Fsp3) is 0.537. The number of Topliss-reactive ketones (excluding diaryl/α,β-unsaturated/α-hetero) is 3. The summed E-state index contributed by atoms with van der Waals surface area (Å²) in [4.78, 5) is 43.5. The average molecular weight is 686 g/mol. The molecular formula is C41H51NO8. The van der Waals surface area contributed by atoms with Crippen molar-refractivity contribution in [3.05, 3.63) is 63.9 Å².